The van der Waals surface area contributed by atoms with Gasteiger partial charge >= 0.3 is 8.25 Å². The largest absolute Gasteiger partial charge is 0.365 e. The van der Waals surface area contributed by atoms with Gasteiger partial charge in [-0.15, -0.1) is 0 Å². The molecular weight excluding hydrogens is 131 g/mol. The van der Waals surface area contributed by atoms with Crippen molar-refractivity contribution in [3.05, 3.63) is 0 Å². The molecule has 0 saturated heterocycles. The van der Waals surface area contributed by atoms with Gasteiger partial charge in [0.15, 0.2) is 5.79 Å². The molecule has 0 radical (unpaired) electrons. The zero-order valence-electron chi connectivity index (χ0n) is 4.71. The first-order valence-corrected chi connectivity index (χ1v) is 3.32. The molecule has 0 bridgehead atoms. The molecule has 0 heterocycles. The normalized spacial score (nSPS) is 16.0. The van der Waals surface area contributed by atoms with E-state index in [4.69, 9.17) is 10.00 Å². The molecule has 50 valence electrons. The third-order valence-electron chi connectivity index (χ3n) is 0.337. The van der Waals surface area contributed by atoms with Gasteiger partial charge in [0.05, 0.1) is 0 Å². The van der Waals surface area contributed by atoms with Gasteiger partial charge in [0.25, 0.3) is 0 Å². The van der Waals surface area contributed by atoms with Crippen LogP contribution < -0.4 is 0 Å². The summed E-state index contributed by atoms with van der Waals surface area (Å²) < 4.78 is 13.9. The molecule has 4 nitrogen and oxygen atoms in total. The molecule has 0 saturated carbocycles. The Hall–Kier alpha value is 0.110. The first-order chi connectivity index (χ1) is 3.42. The van der Waals surface area contributed by atoms with Gasteiger partial charge in [-0.25, -0.2) is 0 Å². The standard InChI is InChI=1S/C3H9O4P/c1-3(2,4)7-8(5)6/h4,8H,1-2H3,(H,5,6). The molecule has 0 aromatic rings. The number of hydrogen-bond acceptors (Lipinski definition) is 3. The maximum atomic E-state index is 9.82. The van der Waals surface area contributed by atoms with Gasteiger partial charge in [-0.3, -0.25) is 9.09 Å². The quantitative estimate of drug-likeness (QED) is 0.422. The van der Waals surface area contributed by atoms with E-state index in [2.05, 4.69) is 4.52 Å². The highest BCUT2D eigenvalue weighted by molar-refractivity contribution is 7.32. The molecule has 0 aliphatic carbocycles. The minimum absolute atomic E-state index is 1.28. The van der Waals surface area contributed by atoms with Crippen LogP contribution in [0.15, 0.2) is 0 Å². The van der Waals surface area contributed by atoms with E-state index in [1.54, 1.807) is 0 Å². The molecule has 0 fully saturated rings. The zero-order chi connectivity index (χ0) is 6.78. The lowest BCUT2D eigenvalue weighted by molar-refractivity contribution is -0.105. The summed E-state index contributed by atoms with van der Waals surface area (Å²) >= 11 is 0. The number of hydrogen-bond donors (Lipinski definition) is 2. The van der Waals surface area contributed by atoms with Crippen LogP contribution >= 0.6 is 8.25 Å². The molecule has 1 unspecified atom stereocenters. The average molecular weight is 140 g/mol. The number of aliphatic hydroxyl groups is 1. The fraction of sp³-hybridized carbons (Fsp3) is 1.00. The van der Waals surface area contributed by atoms with E-state index in [9.17, 15) is 4.57 Å². The van der Waals surface area contributed by atoms with Crippen molar-refractivity contribution in [2.45, 2.75) is 19.6 Å². The van der Waals surface area contributed by atoms with Crippen molar-refractivity contribution in [3.63, 3.8) is 0 Å². The molecule has 0 aromatic heterocycles. The molecule has 0 aliphatic rings. The van der Waals surface area contributed by atoms with Crippen molar-refractivity contribution >= 4 is 8.25 Å². The summed E-state index contributed by atoms with van der Waals surface area (Å²) in [4.78, 5) is 8.05. The van der Waals surface area contributed by atoms with Crippen LogP contribution in [-0.4, -0.2) is 15.8 Å². The summed E-state index contributed by atoms with van der Waals surface area (Å²) in [5.41, 5.74) is 0. The fourth-order valence-electron chi connectivity index (χ4n) is 0.214. The number of rotatable bonds is 2. The van der Waals surface area contributed by atoms with Gasteiger partial charge in [0.1, 0.15) is 0 Å². The van der Waals surface area contributed by atoms with Gasteiger partial charge in [0, 0.05) is 0 Å². The molecule has 0 spiro atoms. The highest BCUT2D eigenvalue weighted by atomic mass is 31.1. The highest BCUT2D eigenvalue weighted by Crippen LogP contribution is 2.22. The van der Waals surface area contributed by atoms with Crippen molar-refractivity contribution in [1.82, 2.24) is 0 Å². The van der Waals surface area contributed by atoms with E-state index >= 15 is 0 Å². The predicted octanol–water partition coefficient (Wildman–Crippen LogP) is 0.113. The van der Waals surface area contributed by atoms with Crippen LogP contribution in [-0.2, 0) is 9.09 Å². The third-order valence-corrected chi connectivity index (χ3v) is 1.01. The van der Waals surface area contributed by atoms with Crippen molar-refractivity contribution in [1.29, 1.82) is 0 Å². The molecule has 0 aromatic carbocycles. The Labute approximate surface area is 48.0 Å². The van der Waals surface area contributed by atoms with Crippen molar-refractivity contribution in [2.75, 3.05) is 0 Å². The molecule has 0 rings (SSSR count). The lowest BCUT2D eigenvalue weighted by Gasteiger charge is -2.14. The lowest BCUT2D eigenvalue weighted by Crippen LogP contribution is -2.18. The molecule has 1 atom stereocenters. The minimum atomic E-state index is -2.99. The van der Waals surface area contributed by atoms with Crippen LogP contribution in [0.2, 0.25) is 0 Å². The summed E-state index contributed by atoms with van der Waals surface area (Å²) in [6.45, 7) is 2.57. The molecule has 5 heteroatoms. The van der Waals surface area contributed by atoms with Crippen LogP contribution in [0.3, 0.4) is 0 Å². The van der Waals surface area contributed by atoms with E-state index in [1.165, 1.54) is 13.8 Å². The van der Waals surface area contributed by atoms with Crippen molar-refractivity contribution < 1.29 is 19.1 Å². The molecule has 0 aliphatic heterocycles. The van der Waals surface area contributed by atoms with Gasteiger partial charge in [0.2, 0.25) is 0 Å². The predicted molar refractivity (Wildman–Crippen MR) is 28.6 cm³/mol. The molecular formula is C3H9O4P. The zero-order valence-corrected chi connectivity index (χ0v) is 5.71. The lowest BCUT2D eigenvalue weighted by atomic mass is 10.4. The van der Waals surface area contributed by atoms with Crippen LogP contribution in [0.4, 0.5) is 0 Å². The Kier molecular flexibility index (Phi) is 2.63. The van der Waals surface area contributed by atoms with Crippen LogP contribution in [0.25, 0.3) is 0 Å². The van der Waals surface area contributed by atoms with Gasteiger partial charge in [-0.05, 0) is 13.8 Å². The minimum Gasteiger partial charge on any atom is -0.365 e. The second-order valence-electron chi connectivity index (χ2n) is 1.81. The highest BCUT2D eigenvalue weighted by Gasteiger charge is 2.14. The van der Waals surface area contributed by atoms with Crippen LogP contribution in [0.1, 0.15) is 13.8 Å². The van der Waals surface area contributed by atoms with E-state index < -0.39 is 14.0 Å². The Balaban J connectivity index is 3.55. The summed E-state index contributed by atoms with van der Waals surface area (Å²) in [5, 5.41) is 8.63. The SMILES string of the molecule is CC(C)(O)O[PH](=O)O. The summed E-state index contributed by atoms with van der Waals surface area (Å²) in [6, 6.07) is 0. The first kappa shape index (κ1) is 8.11. The van der Waals surface area contributed by atoms with E-state index in [1.807, 2.05) is 0 Å². The molecule has 2 N–H and O–H groups in total. The molecule has 8 heavy (non-hydrogen) atoms. The van der Waals surface area contributed by atoms with E-state index in [-0.39, 0.29) is 0 Å². The maximum Gasteiger partial charge on any atom is 0.319 e. The summed E-state index contributed by atoms with van der Waals surface area (Å²) in [5.74, 6) is -1.50. The van der Waals surface area contributed by atoms with Crippen LogP contribution in [0, 0.1) is 0 Å². The van der Waals surface area contributed by atoms with Gasteiger partial charge in [-0.2, -0.15) is 0 Å². The second kappa shape index (κ2) is 2.60. The Bertz CT molecular complexity index is 93.9. The Morgan fingerprint density at radius 1 is 1.62 bits per heavy atom. The average Bonchev–Trinajstić information content (AvgIpc) is 1.21. The smallest absolute Gasteiger partial charge is 0.319 e. The van der Waals surface area contributed by atoms with Crippen molar-refractivity contribution in [2.24, 2.45) is 0 Å². The van der Waals surface area contributed by atoms with E-state index in [0.29, 0.717) is 0 Å². The monoisotopic (exact) mass is 140 g/mol. The summed E-state index contributed by atoms with van der Waals surface area (Å²) in [6.07, 6.45) is 0. The van der Waals surface area contributed by atoms with E-state index in [0.717, 1.165) is 0 Å². The molecule has 0 amide bonds. The maximum absolute atomic E-state index is 9.82. The third kappa shape index (κ3) is 6.11. The Morgan fingerprint density at radius 3 is 2.00 bits per heavy atom. The van der Waals surface area contributed by atoms with Crippen molar-refractivity contribution in [3.8, 4) is 0 Å². The second-order valence-corrected chi connectivity index (χ2v) is 2.55. The summed E-state index contributed by atoms with van der Waals surface area (Å²) in [7, 11) is -2.99. The fourth-order valence-corrected chi connectivity index (χ4v) is 0.641. The first-order valence-electron chi connectivity index (χ1n) is 2.06. The Morgan fingerprint density at radius 2 is 2.00 bits per heavy atom. The topological polar surface area (TPSA) is 66.8 Å². The van der Waals surface area contributed by atoms with Gasteiger partial charge < -0.3 is 10.00 Å². The van der Waals surface area contributed by atoms with Gasteiger partial charge in [-0.1, -0.05) is 0 Å². The van der Waals surface area contributed by atoms with Crippen LogP contribution in [0.5, 0.6) is 0 Å².